The molecule has 5 nitrogen and oxygen atoms in total. The lowest BCUT2D eigenvalue weighted by atomic mass is 9.85. The Bertz CT molecular complexity index is 402. The SMILES string of the molecule is CC(C)CNC(=O)CN1C(=O)[C@H]2CC=CC[C@@H]2C1=O. The Morgan fingerprint density at radius 2 is 1.79 bits per heavy atom. The summed E-state index contributed by atoms with van der Waals surface area (Å²) in [7, 11) is 0. The molecule has 104 valence electrons. The van der Waals surface area contributed by atoms with Crippen LogP contribution in [0.4, 0.5) is 0 Å². The molecule has 2 aliphatic rings. The van der Waals surface area contributed by atoms with E-state index in [1.165, 1.54) is 0 Å². The summed E-state index contributed by atoms with van der Waals surface area (Å²) in [4.78, 5) is 37.1. The van der Waals surface area contributed by atoms with Gasteiger partial charge in [-0.05, 0) is 18.8 Å². The van der Waals surface area contributed by atoms with Crippen molar-refractivity contribution in [3.63, 3.8) is 0 Å². The van der Waals surface area contributed by atoms with Crippen molar-refractivity contribution in [1.82, 2.24) is 10.2 Å². The van der Waals surface area contributed by atoms with E-state index < -0.39 is 0 Å². The highest BCUT2D eigenvalue weighted by Gasteiger charge is 2.47. The third-order valence-corrected chi connectivity index (χ3v) is 3.61. The van der Waals surface area contributed by atoms with Crippen LogP contribution in [-0.4, -0.2) is 35.7 Å². The second-order valence-corrected chi connectivity index (χ2v) is 5.62. The van der Waals surface area contributed by atoms with Gasteiger partial charge >= 0.3 is 0 Å². The molecular weight excluding hydrogens is 244 g/mol. The van der Waals surface area contributed by atoms with Gasteiger partial charge in [0.25, 0.3) is 0 Å². The molecule has 1 saturated heterocycles. The number of amides is 3. The van der Waals surface area contributed by atoms with E-state index in [1.807, 2.05) is 26.0 Å². The Labute approximate surface area is 113 Å². The first-order chi connectivity index (χ1) is 9.00. The quantitative estimate of drug-likeness (QED) is 0.600. The third-order valence-electron chi connectivity index (χ3n) is 3.61. The molecule has 0 saturated carbocycles. The number of nitrogens with zero attached hydrogens (tertiary/aromatic N) is 1. The summed E-state index contributed by atoms with van der Waals surface area (Å²) in [6.45, 7) is 4.40. The Morgan fingerprint density at radius 3 is 2.26 bits per heavy atom. The molecular formula is C14H20N2O3. The molecule has 1 heterocycles. The van der Waals surface area contributed by atoms with E-state index in [1.54, 1.807) is 0 Å². The molecule has 0 unspecified atom stereocenters. The number of allylic oxidation sites excluding steroid dienone is 2. The monoisotopic (exact) mass is 264 g/mol. The van der Waals surface area contributed by atoms with Crippen LogP contribution in [0.5, 0.6) is 0 Å². The maximum Gasteiger partial charge on any atom is 0.240 e. The number of carbonyl (C=O) groups excluding carboxylic acids is 3. The lowest BCUT2D eigenvalue weighted by Crippen LogP contribution is -2.41. The molecule has 19 heavy (non-hydrogen) atoms. The first-order valence-electron chi connectivity index (χ1n) is 6.77. The molecule has 0 aromatic rings. The molecule has 1 aliphatic carbocycles. The lowest BCUT2D eigenvalue weighted by molar-refractivity contribution is -0.143. The van der Waals surface area contributed by atoms with Crippen molar-refractivity contribution < 1.29 is 14.4 Å². The number of fused-ring (bicyclic) bond motifs is 1. The minimum Gasteiger partial charge on any atom is -0.354 e. The van der Waals surface area contributed by atoms with E-state index in [9.17, 15) is 14.4 Å². The summed E-state index contributed by atoms with van der Waals surface area (Å²) in [6.07, 6.45) is 5.10. The summed E-state index contributed by atoms with van der Waals surface area (Å²) in [5.41, 5.74) is 0. The van der Waals surface area contributed by atoms with E-state index in [-0.39, 0.29) is 36.1 Å². The van der Waals surface area contributed by atoms with Crippen LogP contribution in [0, 0.1) is 17.8 Å². The number of likely N-dealkylation sites (tertiary alicyclic amines) is 1. The lowest BCUT2D eigenvalue weighted by Gasteiger charge is -2.15. The largest absolute Gasteiger partial charge is 0.354 e. The highest BCUT2D eigenvalue weighted by Crippen LogP contribution is 2.34. The molecule has 0 radical (unpaired) electrons. The molecule has 1 aliphatic heterocycles. The van der Waals surface area contributed by atoms with Crippen molar-refractivity contribution in [2.75, 3.05) is 13.1 Å². The summed E-state index contributed by atoms with van der Waals surface area (Å²) < 4.78 is 0. The van der Waals surface area contributed by atoms with E-state index >= 15 is 0 Å². The van der Waals surface area contributed by atoms with Crippen LogP contribution >= 0.6 is 0 Å². The molecule has 5 heteroatoms. The number of hydrogen-bond donors (Lipinski definition) is 1. The number of rotatable bonds is 4. The topological polar surface area (TPSA) is 66.5 Å². The van der Waals surface area contributed by atoms with Gasteiger partial charge in [-0.1, -0.05) is 26.0 Å². The van der Waals surface area contributed by atoms with Gasteiger partial charge in [-0.15, -0.1) is 0 Å². The van der Waals surface area contributed by atoms with Crippen LogP contribution in [0.15, 0.2) is 12.2 Å². The predicted octanol–water partition coefficient (Wildman–Crippen LogP) is 0.710. The van der Waals surface area contributed by atoms with Gasteiger partial charge in [0.05, 0.1) is 11.8 Å². The first kappa shape index (κ1) is 13.8. The van der Waals surface area contributed by atoms with Crippen molar-refractivity contribution >= 4 is 17.7 Å². The third kappa shape index (κ3) is 2.85. The van der Waals surface area contributed by atoms with Crippen LogP contribution in [0.3, 0.4) is 0 Å². The Morgan fingerprint density at radius 1 is 1.26 bits per heavy atom. The number of hydrogen-bond acceptors (Lipinski definition) is 3. The van der Waals surface area contributed by atoms with Crippen LogP contribution < -0.4 is 5.32 Å². The Balaban J connectivity index is 1.96. The summed E-state index contributed by atoms with van der Waals surface area (Å²) in [6, 6.07) is 0. The summed E-state index contributed by atoms with van der Waals surface area (Å²) >= 11 is 0. The summed E-state index contributed by atoms with van der Waals surface area (Å²) in [5.74, 6) is -0.813. The zero-order chi connectivity index (χ0) is 14.0. The molecule has 0 bridgehead atoms. The van der Waals surface area contributed by atoms with Crippen molar-refractivity contribution in [3.05, 3.63) is 12.2 Å². The normalized spacial score (nSPS) is 25.9. The Hall–Kier alpha value is -1.65. The zero-order valence-corrected chi connectivity index (χ0v) is 11.4. The van der Waals surface area contributed by atoms with Crippen molar-refractivity contribution in [3.8, 4) is 0 Å². The smallest absolute Gasteiger partial charge is 0.240 e. The molecule has 0 aromatic carbocycles. The fraction of sp³-hybridized carbons (Fsp3) is 0.643. The zero-order valence-electron chi connectivity index (χ0n) is 11.4. The minimum atomic E-state index is -0.262. The first-order valence-corrected chi connectivity index (χ1v) is 6.77. The van der Waals surface area contributed by atoms with Crippen LogP contribution in [0.25, 0.3) is 0 Å². The second-order valence-electron chi connectivity index (χ2n) is 5.62. The van der Waals surface area contributed by atoms with Crippen molar-refractivity contribution in [1.29, 1.82) is 0 Å². The van der Waals surface area contributed by atoms with Gasteiger partial charge < -0.3 is 5.32 Å². The maximum absolute atomic E-state index is 12.1. The van der Waals surface area contributed by atoms with Gasteiger partial charge in [0, 0.05) is 6.54 Å². The fourth-order valence-electron chi connectivity index (χ4n) is 2.54. The van der Waals surface area contributed by atoms with Crippen LogP contribution in [0.2, 0.25) is 0 Å². The second kappa shape index (κ2) is 5.55. The predicted molar refractivity (Wildman–Crippen MR) is 69.9 cm³/mol. The van der Waals surface area contributed by atoms with Gasteiger partial charge in [0.1, 0.15) is 6.54 Å². The average Bonchev–Trinajstić information content (AvgIpc) is 2.62. The van der Waals surface area contributed by atoms with Crippen LogP contribution in [-0.2, 0) is 14.4 Å². The molecule has 0 spiro atoms. The molecule has 3 amide bonds. The fourth-order valence-corrected chi connectivity index (χ4v) is 2.54. The van der Waals surface area contributed by atoms with Gasteiger partial charge in [0.15, 0.2) is 0 Å². The maximum atomic E-state index is 12.1. The highest BCUT2D eigenvalue weighted by atomic mass is 16.2. The molecule has 1 N–H and O–H groups in total. The van der Waals surface area contributed by atoms with Crippen molar-refractivity contribution in [2.45, 2.75) is 26.7 Å². The standard InChI is InChI=1S/C14H20N2O3/c1-9(2)7-15-12(17)8-16-13(18)10-5-3-4-6-11(10)14(16)19/h3-4,9-11H,5-8H2,1-2H3,(H,15,17)/t10-,11-/m0/s1. The van der Waals surface area contributed by atoms with Gasteiger partial charge in [-0.2, -0.15) is 0 Å². The van der Waals surface area contributed by atoms with E-state index in [0.29, 0.717) is 25.3 Å². The molecule has 2 atom stereocenters. The molecule has 0 aromatic heterocycles. The van der Waals surface area contributed by atoms with E-state index in [2.05, 4.69) is 5.32 Å². The highest BCUT2D eigenvalue weighted by molar-refractivity contribution is 6.07. The number of carbonyl (C=O) groups is 3. The minimum absolute atomic E-state index is 0.141. The number of imide groups is 1. The Kier molecular flexibility index (Phi) is 4.02. The van der Waals surface area contributed by atoms with E-state index in [4.69, 9.17) is 0 Å². The molecule has 2 rings (SSSR count). The number of nitrogens with one attached hydrogen (secondary N) is 1. The van der Waals surface area contributed by atoms with Gasteiger partial charge in [-0.3, -0.25) is 19.3 Å². The average molecular weight is 264 g/mol. The van der Waals surface area contributed by atoms with Gasteiger partial charge in [0.2, 0.25) is 17.7 Å². The van der Waals surface area contributed by atoms with E-state index in [0.717, 1.165) is 4.90 Å². The van der Waals surface area contributed by atoms with Gasteiger partial charge in [-0.25, -0.2) is 0 Å². The molecule has 1 fully saturated rings. The summed E-state index contributed by atoms with van der Waals surface area (Å²) in [5, 5.41) is 2.73. The van der Waals surface area contributed by atoms with Crippen molar-refractivity contribution in [2.24, 2.45) is 17.8 Å². The van der Waals surface area contributed by atoms with Crippen LogP contribution in [0.1, 0.15) is 26.7 Å².